The lowest BCUT2D eigenvalue weighted by molar-refractivity contribution is -0.137. The van der Waals surface area contributed by atoms with E-state index < -0.39 is 12.0 Å². The number of aliphatic carboxylic acids is 1. The summed E-state index contributed by atoms with van der Waals surface area (Å²) in [5.74, 6) is -0.843. The fourth-order valence-corrected chi connectivity index (χ4v) is 1.90. The molecule has 2 aromatic rings. The molecule has 3 nitrogen and oxygen atoms in total. The van der Waals surface area contributed by atoms with Crippen LogP contribution in [0.15, 0.2) is 54.6 Å². The lowest BCUT2D eigenvalue weighted by Gasteiger charge is -2.16. The van der Waals surface area contributed by atoms with Crippen LogP contribution in [0.1, 0.15) is 11.1 Å². The molecule has 2 rings (SSSR count). The van der Waals surface area contributed by atoms with Crippen LogP contribution in [0.5, 0.6) is 0 Å². The molecule has 2 aromatic carbocycles. The number of nitrogens with one attached hydrogen (secondary N) is 1. The van der Waals surface area contributed by atoms with E-state index in [0.29, 0.717) is 6.42 Å². The molecule has 0 aliphatic rings. The Bertz CT molecular complexity index is 534. The van der Waals surface area contributed by atoms with E-state index in [1.165, 1.54) is 0 Å². The number of carboxylic acids is 1. The van der Waals surface area contributed by atoms with E-state index in [0.717, 1.165) is 16.8 Å². The largest absolute Gasteiger partial charge is 0.480 e. The summed E-state index contributed by atoms with van der Waals surface area (Å²) in [7, 11) is 0. The van der Waals surface area contributed by atoms with Crippen molar-refractivity contribution in [3.05, 3.63) is 65.7 Å². The maximum absolute atomic E-state index is 11.3. The number of benzene rings is 2. The molecule has 0 saturated heterocycles. The predicted octanol–water partition coefficient (Wildman–Crippen LogP) is 3.10. The minimum Gasteiger partial charge on any atom is -0.480 e. The first kappa shape index (κ1) is 13.1. The van der Waals surface area contributed by atoms with Crippen molar-refractivity contribution < 1.29 is 9.90 Å². The highest BCUT2D eigenvalue weighted by atomic mass is 16.4. The SMILES string of the molecule is Cc1ccc(NC(Cc2ccccc2)C(=O)O)cc1. The van der Waals surface area contributed by atoms with Crippen molar-refractivity contribution in [2.45, 2.75) is 19.4 Å². The fourth-order valence-electron chi connectivity index (χ4n) is 1.90. The van der Waals surface area contributed by atoms with Gasteiger partial charge in [0.2, 0.25) is 0 Å². The van der Waals surface area contributed by atoms with Crippen molar-refractivity contribution in [3.63, 3.8) is 0 Å². The van der Waals surface area contributed by atoms with Crippen LogP contribution in [0.25, 0.3) is 0 Å². The maximum Gasteiger partial charge on any atom is 0.326 e. The molecule has 0 aliphatic carbocycles. The van der Waals surface area contributed by atoms with Gasteiger partial charge in [-0.2, -0.15) is 0 Å². The fraction of sp³-hybridized carbons (Fsp3) is 0.188. The van der Waals surface area contributed by atoms with Crippen molar-refractivity contribution in [2.24, 2.45) is 0 Å². The standard InChI is InChI=1S/C16H17NO2/c1-12-7-9-14(10-8-12)17-15(16(18)19)11-13-5-3-2-4-6-13/h2-10,15,17H,11H2,1H3,(H,18,19). The summed E-state index contributed by atoms with van der Waals surface area (Å²) < 4.78 is 0. The van der Waals surface area contributed by atoms with Crippen molar-refractivity contribution >= 4 is 11.7 Å². The van der Waals surface area contributed by atoms with E-state index in [1.54, 1.807) is 0 Å². The Balaban J connectivity index is 2.08. The minimum absolute atomic E-state index is 0.462. The van der Waals surface area contributed by atoms with Crippen molar-refractivity contribution in [3.8, 4) is 0 Å². The van der Waals surface area contributed by atoms with Gasteiger partial charge >= 0.3 is 5.97 Å². The van der Waals surface area contributed by atoms with E-state index in [4.69, 9.17) is 0 Å². The van der Waals surface area contributed by atoms with E-state index in [9.17, 15) is 9.90 Å². The molecule has 0 bridgehead atoms. The van der Waals surface area contributed by atoms with Gasteiger partial charge in [-0.05, 0) is 24.6 Å². The molecular formula is C16H17NO2. The average Bonchev–Trinajstić information content (AvgIpc) is 2.41. The van der Waals surface area contributed by atoms with Crippen molar-refractivity contribution in [1.82, 2.24) is 0 Å². The Morgan fingerprint density at radius 3 is 2.32 bits per heavy atom. The van der Waals surface area contributed by atoms with E-state index >= 15 is 0 Å². The van der Waals surface area contributed by atoms with Gasteiger partial charge in [0.25, 0.3) is 0 Å². The van der Waals surface area contributed by atoms with Crippen molar-refractivity contribution in [1.29, 1.82) is 0 Å². The second-order valence-corrected chi connectivity index (χ2v) is 4.59. The number of hydrogen-bond acceptors (Lipinski definition) is 2. The molecule has 2 N–H and O–H groups in total. The summed E-state index contributed by atoms with van der Waals surface area (Å²) in [6.45, 7) is 2.00. The first-order valence-corrected chi connectivity index (χ1v) is 6.25. The molecule has 0 fully saturated rings. The lowest BCUT2D eigenvalue weighted by atomic mass is 10.1. The van der Waals surface area contributed by atoms with Gasteiger partial charge in [0.1, 0.15) is 6.04 Å². The second kappa shape index (κ2) is 6.05. The normalized spacial score (nSPS) is 11.8. The lowest BCUT2D eigenvalue weighted by Crippen LogP contribution is -2.31. The van der Waals surface area contributed by atoms with Gasteiger partial charge in [-0.25, -0.2) is 4.79 Å². The van der Waals surface area contributed by atoms with Gasteiger partial charge in [0.05, 0.1) is 0 Å². The van der Waals surface area contributed by atoms with Crippen LogP contribution in [0.4, 0.5) is 5.69 Å². The Morgan fingerprint density at radius 2 is 1.74 bits per heavy atom. The second-order valence-electron chi connectivity index (χ2n) is 4.59. The highest BCUT2D eigenvalue weighted by Gasteiger charge is 2.17. The van der Waals surface area contributed by atoms with Crippen LogP contribution in [0.3, 0.4) is 0 Å². The van der Waals surface area contributed by atoms with Gasteiger partial charge < -0.3 is 10.4 Å². The minimum atomic E-state index is -0.843. The summed E-state index contributed by atoms with van der Waals surface area (Å²) in [6.07, 6.45) is 0.462. The van der Waals surface area contributed by atoms with Gasteiger partial charge in [-0.1, -0.05) is 48.0 Å². The molecule has 0 aromatic heterocycles. The first-order valence-electron chi connectivity index (χ1n) is 6.25. The van der Waals surface area contributed by atoms with Gasteiger partial charge in [-0.15, -0.1) is 0 Å². The summed E-state index contributed by atoms with van der Waals surface area (Å²) in [5.41, 5.74) is 2.99. The topological polar surface area (TPSA) is 49.3 Å². The van der Waals surface area contributed by atoms with Crippen molar-refractivity contribution in [2.75, 3.05) is 5.32 Å². The number of rotatable bonds is 5. The molecule has 0 radical (unpaired) electrons. The quantitative estimate of drug-likeness (QED) is 0.863. The summed E-state index contributed by atoms with van der Waals surface area (Å²) in [6, 6.07) is 16.7. The molecular weight excluding hydrogens is 238 g/mol. The van der Waals surface area contributed by atoms with Crippen LogP contribution < -0.4 is 5.32 Å². The molecule has 0 saturated carbocycles. The molecule has 0 spiro atoms. The van der Waals surface area contributed by atoms with E-state index in [2.05, 4.69) is 5.32 Å². The van der Waals surface area contributed by atoms with Crippen LogP contribution in [0, 0.1) is 6.92 Å². The molecule has 0 amide bonds. The predicted molar refractivity (Wildman–Crippen MR) is 76.4 cm³/mol. The molecule has 98 valence electrons. The summed E-state index contributed by atoms with van der Waals surface area (Å²) in [5, 5.41) is 12.3. The number of anilines is 1. The molecule has 1 atom stereocenters. The maximum atomic E-state index is 11.3. The van der Waals surface area contributed by atoms with Gasteiger partial charge in [0.15, 0.2) is 0 Å². The highest BCUT2D eigenvalue weighted by molar-refractivity contribution is 5.77. The van der Waals surface area contributed by atoms with Gasteiger partial charge in [0, 0.05) is 12.1 Å². The molecule has 0 aliphatic heterocycles. The Hall–Kier alpha value is -2.29. The third kappa shape index (κ3) is 3.85. The monoisotopic (exact) mass is 255 g/mol. The number of carbonyl (C=O) groups is 1. The number of hydrogen-bond donors (Lipinski definition) is 2. The zero-order valence-corrected chi connectivity index (χ0v) is 10.8. The third-order valence-corrected chi connectivity index (χ3v) is 2.97. The number of carboxylic acid groups (broad SMARTS) is 1. The summed E-state index contributed by atoms with van der Waals surface area (Å²) in [4.78, 5) is 11.3. The third-order valence-electron chi connectivity index (χ3n) is 2.97. The zero-order chi connectivity index (χ0) is 13.7. The van der Waals surface area contributed by atoms with E-state index in [1.807, 2.05) is 61.5 Å². The van der Waals surface area contributed by atoms with Crippen LogP contribution in [-0.2, 0) is 11.2 Å². The molecule has 0 heterocycles. The molecule has 1 unspecified atom stereocenters. The van der Waals surface area contributed by atoms with E-state index in [-0.39, 0.29) is 0 Å². The van der Waals surface area contributed by atoms with Crippen LogP contribution >= 0.6 is 0 Å². The number of aryl methyl sites for hydroxylation is 1. The Kier molecular flexibility index (Phi) is 4.18. The van der Waals surface area contributed by atoms with Gasteiger partial charge in [-0.3, -0.25) is 0 Å². The van der Waals surface area contributed by atoms with Crippen LogP contribution in [0.2, 0.25) is 0 Å². The molecule has 19 heavy (non-hydrogen) atoms. The smallest absolute Gasteiger partial charge is 0.326 e. The highest BCUT2D eigenvalue weighted by Crippen LogP contribution is 2.13. The zero-order valence-electron chi connectivity index (χ0n) is 10.8. The van der Waals surface area contributed by atoms with Crippen LogP contribution in [-0.4, -0.2) is 17.1 Å². The summed E-state index contributed by atoms with van der Waals surface area (Å²) >= 11 is 0. The first-order chi connectivity index (χ1) is 9.15. The molecule has 3 heteroatoms. The Morgan fingerprint density at radius 1 is 1.11 bits per heavy atom. The average molecular weight is 255 g/mol. The Labute approximate surface area is 112 Å².